The first-order valence-electron chi connectivity index (χ1n) is 9.31. The van der Waals surface area contributed by atoms with Gasteiger partial charge in [0.15, 0.2) is 0 Å². The van der Waals surface area contributed by atoms with Gasteiger partial charge in [0.2, 0.25) is 0 Å². The molecule has 1 aliphatic rings. The highest BCUT2D eigenvalue weighted by Crippen LogP contribution is 2.26. The molecule has 4 nitrogen and oxygen atoms in total. The van der Waals surface area contributed by atoms with Crippen molar-refractivity contribution in [2.24, 2.45) is 0 Å². The summed E-state index contributed by atoms with van der Waals surface area (Å²) < 4.78 is 5.27. The summed E-state index contributed by atoms with van der Waals surface area (Å²) in [5.74, 6) is 0.850. The van der Waals surface area contributed by atoms with Crippen molar-refractivity contribution in [3.8, 4) is 5.75 Å². The Morgan fingerprint density at radius 3 is 2.27 bits per heavy atom. The standard InChI is InChI=1S/C22H28N2O2/c1-16-12-17(2)14-19(13-16)22(25)23-15-21(24-10-4-5-11-24)18-6-8-20(26-3)9-7-18/h6-9,12-14,21H,4-5,10-11,15H2,1-3H3,(H,23,25). The minimum atomic E-state index is -0.00508. The number of likely N-dealkylation sites (tertiary alicyclic amines) is 1. The fourth-order valence-corrected chi connectivity index (χ4v) is 3.73. The molecule has 0 aromatic heterocycles. The van der Waals surface area contributed by atoms with Crippen LogP contribution >= 0.6 is 0 Å². The van der Waals surface area contributed by atoms with Crippen LogP contribution in [0, 0.1) is 13.8 Å². The van der Waals surface area contributed by atoms with Crippen molar-refractivity contribution in [3.05, 3.63) is 64.7 Å². The minimum Gasteiger partial charge on any atom is -0.497 e. The minimum absolute atomic E-state index is 0.00508. The molecule has 1 fully saturated rings. The molecular weight excluding hydrogens is 324 g/mol. The summed E-state index contributed by atoms with van der Waals surface area (Å²) in [5.41, 5.74) is 4.17. The highest BCUT2D eigenvalue weighted by atomic mass is 16.5. The number of aryl methyl sites for hydroxylation is 2. The largest absolute Gasteiger partial charge is 0.497 e. The van der Waals surface area contributed by atoms with Gasteiger partial charge < -0.3 is 10.1 Å². The van der Waals surface area contributed by atoms with Crippen LogP contribution in [0.2, 0.25) is 0 Å². The van der Waals surface area contributed by atoms with Gasteiger partial charge in [-0.2, -0.15) is 0 Å². The van der Waals surface area contributed by atoms with Crippen molar-refractivity contribution in [2.45, 2.75) is 32.7 Å². The van der Waals surface area contributed by atoms with Crippen LogP contribution in [0.1, 0.15) is 45.9 Å². The topological polar surface area (TPSA) is 41.6 Å². The van der Waals surface area contributed by atoms with E-state index in [0.29, 0.717) is 6.54 Å². The second-order valence-electron chi connectivity index (χ2n) is 7.12. The predicted molar refractivity (Wildman–Crippen MR) is 105 cm³/mol. The van der Waals surface area contributed by atoms with Gasteiger partial charge in [0, 0.05) is 12.1 Å². The number of nitrogens with one attached hydrogen (secondary N) is 1. The van der Waals surface area contributed by atoms with E-state index >= 15 is 0 Å². The summed E-state index contributed by atoms with van der Waals surface area (Å²) in [6.07, 6.45) is 2.44. The second-order valence-corrected chi connectivity index (χ2v) is 7.12. The second kappa shape index (κ2) is 8.37. The average molecular weight is 352 g/mol. The van der Waals surface area contributed by atoms with Gasteiger partial charge in [-0.25, -0.2) is 0 Å². The van der Waals surface area contributed by atoms with Crippen molar-refractivity contribution in [3.63, 3.8) is 0 Å². The van der Waals surface area contributed by atoms with E-state index in [0.717, 1.165) is 35.5 Å². The summed E-state index contributed by atoms with van der Waals surface area (Å²) in [6.45, 7) is 6.81. The van der Waals surface area contributed by atoms with E-state index in [1.54, 1.807) is 7.11 Å². The lowest BCUT2D eigenvalue weighted by Crippen LogP contribution is -2.36. The van der Waals surface area contributed by atoms with Gasteiger partial charge in [0.25, 0.3) is 5.91 Å². The first-order valence-corrected chi connectivity index (χ1v) is 9.31. The third-order valence-corrected chi connectivity index (χ3v) is 5.02. The fourth-order valence-electron chi connectivity index (χ4n) is 3.73. The van der Waals surface area contributed by atoms with Gasteiger partial charge >= 0.3 is 0 Å². The number of methoxy groups -OCH3 is 1. The van der Waals surface area contributed by atoms with E-state index in [4.69, 9.17) is 4.74 Å². The molecule has 1 N–H and O–H groups in total. The molecule has 1 amide bonds. The van der Waals surface area contributed by atoms with E-state index in [1.807, 2.05) is 38.1 Å². The summed E-state index contributed by atoms with van der Waals surface area (Å²) in [4.78, 5) is 15.1. The van der Waals surface area contributed by atoms with Gasteiger partial charge in [-0.3, -0.25) is 9.69 Å². The molecule has 2 aromatic rings. The summed E-state index contributed by atoms with van der Waals surface area (Å²) in [7, 11) is 1.68. The maximum atomic E-state index is 12.7. The Balaban J connectivity index is 1.73. The number of ether oxygens (including phenoxy) is 1. The smallest absolute Gasteiger partial charge is 0.251 e. The van der Waals surface area contributed by atoms with Crippen molar-refractivity contribution < 1.29 is 9.53 Å². The van der Waals surface area contributed by atoms with E-state index in [-0.39, 0.29) is 11.9 Å². The van der Waals surface area contributed by atoms with Gasteiger partial charge in [-0.1, -0.05) is 29.3 Å². The number of carbonyl (C=O) groups excluding carboxylic acids is 1. The molecular formula is C22H28N2O2. The SMILES string of the molecule is COc1ccc(C(CNC(=O)c2cc(C)cc(C)c2)N2CCCC2)cc1. The van der Waals surface area contributed by atoms with E-state index < -0.39 is 0 Å². The normalized spacial score (nSPS) is 15.7. The highest BCUT2D eigenvalue weighted by Gasteiger charge is 2.24. The van der Waals surface area contributed by atoms with Gasteiger partial charge in [-0.15, -0.1) is 0 Å². The Kier molecular flexibility index (Phi) is 5.94. The van der Waals surface area contributed by atoms with Crippen LogP contribution in [0.4, 0.5) is 0 Å². The van der Waals surface area contributed by atoms with Crippen LogP contribution < -0.4 is 10.1 Å². The molecule has 0 spiro atoms. The molecule has 138 valence electrons. The number of benzene rings is 2. The highest BCUT2D eigenvalue weighted by molar-refractivity contribution is 5.94. The van der Waals surface area contributed by atoms with Crippen LogP contribution in [-0.2, 0) is 0 Å². The maximum absolute atomic E-state index is 12.7. The lowest BCUT2D eigenvalue weighted by molar-refractivity contribution is 0.0937. The summed E-state index contributed by atoms with van der Waals surface area (Å²) in [6, 6.07) is 14.4. The Hall–Kier alpha value is -2.33. The molecule has 0 saturated carbocycles. The number of hydrogen-bond acceptors (Lipinski definition) is 3. The molecule has 3 rings (SSSR count). The van der Waals surface area contributed by atoms with Crippen LogP contribution in [-0.4, -0.2) is 37.6 Å². The zero-order valence-corrected chi connectivity index (χ0v) is 15.9. The summed E-state index contributed by atoms with van der Waals surface area (Å²) >= 11 is 0. The molecule has 2 aromatic carbocycles. The number of hydrogen-bond donors (Lipinski definition) is 1. The van der Waals surface area contributed by atoms with Crippen LogP contribution in [0.3, 0.4) is 0 Å². The fraction of sp³-hybridized carbons (Fsp3) is 0.409. The Morgan fingerprint density at radius 1 is 1.08 bits per heavy atom. The molecule has 1 saturated heterocycles. The number of nitrogens with zero attached hydrogens (tertiary/aromatic N) is 1. The third kappa shape index (κ3) is 4.44. The lowest BCUT2D eigenvalue weighted by atomic mass is 10.0. The van der Waals surface area contributed by atoms with Crippen molar-refractivity contribution in [1.29, 1.82) is 0 Å². The van der Waals surface area contributed by atoms with Gasteiger partial charge in [0.1, 0.15) is 5.75 Å². The van der Waals surface area contributed by atoms with Gasteiger partial charge in [0.05, 0.1) is 13.2 Å². The monoisotopic (exact) mass is 352 g/mol. The molecule has 26 heavy (non-hydrogen) atoms. The zero-order valence-electron chi connectivity index (χ0n) is 15.9. The molecule has 1 atom stereocenters. The molecule has 1 heterocycles. The third-order valence-electron chi connectivity index (χ3n) is 5.02. The number of rotatable bonds is 6. The molecule has 4 heteroatoms. The van der Waals surface area contributed by atoms with E-state index in [2.05, 4.69) is 28.4 Å². The summed E-state index contributed by atoms with van der Waals surface area (Å²) in [5, 5.41) is 3.15. The Labute approximate surface area is 156 Å². The van der Waals surface area contributed by atoms with Crippen LogP contribution in [0.5, 0.6) is 5.75 Å². The number of amides is 1. The Bertz CT molecular complexity index is 729. The maximum Gasteiger partial charge on any atom is 0.251 e. The van der Waals surface area contributed by atoms with E-state index in [1.165, 1.54) is 18.4 Å². The zero-order chi connectivity index (χ0) is 18.5. The van der Waals surface area contributed by atoms with Crippen molar-refractivity contribution in [1.82, 2.24) is 10.2 Å². The van der Waals surface area contributed by atoms with Gasteiger partial charge in [-0.05, 0) is 69.6 Å². The molecule has 0 bridgehead atoms. The van der Waals surface area contributed by atoms with Crippen molar-refractivity contribution >= 4 is 5.91 Å². The Morgan fingerprint density at radius 2 is 1.69 bits per heavy atom. The van der Waals surface area contributed by atoms with Crippen molar-refractivity contribution in [2.75, 3.05) is 26.7 Å². The predicted octanol–water partition coefficient (Wildman–Crippen LogP) is 3.88. The average Bonchev–Trinajstić information content (AvgIpc) is 3.16. The van der Waals surface area contributed by atoms with Crippen LogP contribution in [0.25, 0.3) is 0 Å². The van der Waals surface area contributed by atoms with E-state index in [9.17, 15) is 4.79 Å². The number of carbonyl (C=O) groups is 1. The first kappa shape index (κ1) is 18.5. The molecule has 1 unspecified atom stereocenters. The molecule has 1 aliphatic heterocycles. The molecule has 0 radical (unpaired) electrons. The lowest BCUT2D eigenvalue weighted by Gasteiger charge is -2.28. The quantitative estimate of drug-likeness (QED) is 0.858. The molecule has 0 aliphatic carbocycles. The van der Waals surface area contributed by atoms with Crippen LogP contribution in [0.15, 0.2) is 42.5 Å². The first-order chi connectivity index (χ1) is 12.6.